The van der Waals surface area contributed by atoms with Crippen molar-refractivity contribution in [3.63, 3.8) is 0 Å². The number of esters is 1. The van der Waals surface area contributed by atoms with Gasteiger partial charge in [0.2, 0.25) is 0 Å². The summed E-state index contributed by atoms with van der Waals surface area (Å²) in [5.41, 5.74) is 4.75. The molecule has 0 aromatic carbocycles. The minimum atomic E-state index is -0.971. The first kappa shape index (κ1) is 19.6. The van der Waals surface area contributed by atoms with E-state index in [1.165, 1.54) is 35.3 Å². The van der Waals surface area contributed by atoms with Gasteiger partial charge < -0.3 is 28.1 Å². The summed E-state index contributed by atoms with van der Waals surface area (Å²) in [5, 5.41) is 10.0. The molecule has 3 N–H and O–H groups in total. The van der Waals surface area contributed by atoms with Crippen molar-refractivity contribution >= 4 is 40.8 Å². The highest BCUT2D eigenvalue weighted by Gasteiger charge is 2.36. The van der Waals surface area contributed by atoms with E-state index in [-0.39, 0.29) is 25.5 Å². The van der Waals surface area contributed by atoms with Crippen LogP contribution in [0.4, 0.5) is 5.82 Å². The fraction of sp³-hybridized carbons (Fsp3) is 0.538. The van der Waals surface area contributed by atoms with Crippen molar-refractivity contribution < 1.29 is 32.0 Å². The van der Waals surface area contributed by atoms with Gasteiger partial charge in [-0.1, -0.05) is 0 Å². The Bertz CT molecular complexity index is 681. The van der Waals surface area contributed by atoms with E-state index in [0.717, 1.165) is 4.57 Å². The van der Waals surface area contributed by atoms with Crippen LogP contribution in [0.3, 0.4) is 0 Å². The highest BCUT2D eigenvalue weighted by atomic mass is 127. The Hall–Kier alpha value is -1.77. The molecule has 0 bridgehead atoms. The molecule has 0 radical (unpaired) electrons. The molecule has 12 heteroatoms. The average Bonchev–Trinajstić information content (AvgIpc) is 2.93. The number of aliphatic hydroxyl groups excluding tert-OH is 1. The van der Waals surface area contributed by atoms with Crippen LogP contribution in [-0.2, 0) is 26.9 Å². The van der Waals surface area contributed by atoms with Crippen LogP contribution in [0.1, 0.15) is 12.6 Å². The van der Waals surface area contributed by atoms with Gasteiger partial charge in [-0.3, -0.25) is 4.57 Å². The van der Waals surface area contributed by atoms with Crippen molar-refractivity contribution in [1.82, 2.24) is 9.55 Å². The van der Waals surface area contributed by atoms with Crippen molar-refractivity contribution in [2.45, 2.75) is 24.9 Å². The molecular formula is C13H16IN3O8. The zero-order chi connectivity index (χ0) is 18.4. The number of aromatic nitrogens is 2. The van der Waals surface area contributed by atoms with Crippen molar-refractivity contribution in [3.8, 4) is 0 Å². The second-order valence-corrected chi connectivity index (χ2v) is 5.56. The summed E-state index contributed by atoms with van der Waals surface area (Å²) in [4.78, 5) is 37.7. The van der Waals surface area contributed by atoms with Gasteiger partial charge in [-0.15, -0.1) is 0 Å². The molecule has 0 saturated carbocycles. The summed E-state index contributed by atoms with van der Waals surface area (Å²) >= 11 is 1.40. The van der Waals surface area contributed by atoms with Crippen LogP contribution < -0.4 is 11.4 Å². The van der Waals surface area contributed by atoms with Crippen LogP contribution in [0.15, 0.2) is 17.1 Å². The molecule has 11 nitrogen and oxygen atoms in total. The van der Waals surface area contributed by atoms with Gasteiger partial charge in [-0.25, -0.2) is 14.4 Å². The van der Waals surface area contributed by atoms with E-state index < -0.39 is 42.7 Å². The molecule has 0 aliphatic carbocycles. The average molecular weight is 469 g/mol. The first-order valence-corrected chi connectivity index (χ1v) is 8.01. The minimum absolute atomic E-state index is 0.0608. The molecule has 0 spiro atoms. The molecule has 3 unspecified atom stereocenters. The Kier molecular flexibility index (Phi) is 7.10. The molecule has 0 amide bonds. The lowest BCUT2D eigenvalue weighted by atomic mass is 10.2. The molecular weight excluding hydrogens is 453 g/mol. The summed E-state index contributed by atoms with van der Waals surface area (Å²) in [5.74, 6) is -1.26. The van der Waals surface area contributed by atoms with Gasteiger partial charge in [0.05, 0.1) is 6.10 Å². The standard InChI is InChI=1S/C13H16IN3O8/c14-25-11(20)6-22-5-10(19)23-4-7-3-8(18)12(24-7)17-2-1-9(15)16-13(17)21/h1-2,7-8,12,18H,3-6H2,(H2,15,16,21). The van der Waals surface area contributed by atoms with Gasteiger partial charge in [-0.2, -0.15) is 4.98 Å². The second kappa shape index (κ2) is 9.07. The molecule has 138 valence electrons. The number of ether oxygens (including phenoxy) is 3. The maximum atomic E-state index is 11.8. The Balaban J connectivity index is 1.80. The minimum Gasteiger partial charge on any atom is -0.461 e. The Labute approximate surface area is 155 Å². The third kappa shape index (κ3) is 5.62. The topological polar surface area (TPSA) is 152 Å². The van der Waals surface area contributed by atoms with Crippen molar-refractivity contribution in [1.29, 1.82) is 0 Å². The van der Waals surface area contributed by atoms with Gasteiger partial charge >= 0.3 is 17.6 Å². The van der Waals surface area contributed by atoms with Crippen LogP contribution in [0.25, 0.3) is 0 Å². The molecule has 25 heavy (non-hydrogen) atoms. The number of nitrogens with zero attached hydrogens (tertiary/aromatic N) is 2. The molecule has 1 aromatic rings. The fourth-order valence-electron chi connectivity index (χ4n) is 2.17. The van der Waals surface area contributed by atoms with Crippen LogP contribution in [0.2, 0.25) is 0 Å². The number of halogens is 1. The molecule has 2 heterocycles. The molecule has 1 aliphatic heterocycles. The van der Waals surface area contributed by atoms with E-state index in [9.17, 15) is 19.5 Å². The van der Waals surface area contributed by atoms with Crippen LogP contribution in [-0.4, -0.2) is 58.6 Å². The summed E-state index contributed by atoms with van der Waals surface area (Å²) < 4.78 is 20.7. The Morgan fingerprint density at radius 3 is 2.84 bits per heavy atom. The number of rotatable bonds is 7. The number of hydrogen-bond acceptors (Lipinski definition) is 10. The van der Waals surface area contributed by atoms with Gasteiger partial charge in [0.1, 0.15) is 31.7 Å². The van der Waals surface area contributed by atoms with E-state index >= 15 is 0 Å². The number of nitrogens with two attached hydrogens (primary N) is 1. The predicted molar refractivity (Wildman–Crippen MR) is 89.3 cm³/mol. The summed E-state index contributed by atoms with van der Waals surface area (Å²) in [6.07, 6.45) is -0.989. The summed E-state index contributed by atoms with van der Waals surface area (Å²) in [6.45, 7) is -0.929. The third-order valence-corrected chi connectivity index (χ3v) is 3.74. The largest absolute Gasteiger partial charge is 0.461 e. The molecule has 1 aromatic heterocycles. The summed E-state index contributed by atoms with van der Waals surface area (Å²) in [7, 11) is 0. The Morgan fingerprint density at radius 2 is 2.16 bits per heavy atom. The monoisotopic (exact) mass is 469 g/mol. The Morgan fingerprint density at radius 1 is 1.44 bits per heavy atom. The maximum Gasteiger partial charge on any atom is 0.351 e. The van der Waals surface area contributed by atoms with Crippen LogP contribution in [0.5, 0.6) is 0 Å². The molecule has 1 aliphatic rings. The number of nitrogen functional groups attached to an aromatic ring is 1. The lowest BCUT2D eigenvalue weighted by Gasteiger charge is -2.17. The highest BCUT2D eigenvalue weighted by molar-refractivity contribution is 14.1. The van der Waals surface area contributed by atoms with Gasteiger partial charge in [0.15, 0.2) is 29.2 Å². The highest BCUT2D eigenvalue weighted by Crippen LogP contribution is 2.27. The fourth-order valence-corrected chi connectivity index (χ4v) is 2.30. The van der Waals surface area contributed by atoms with Crippen LogP contribution in [0, 0.1) is 0 Å². The quantitative estimate of drug-likeness (QED) is 0.373. The number of hydrogen-bond donors (Lipinski definition) is 2. The van der Waals surface area contributed by atoms with E-state index in [1.54, 1.807) is 0 Å². The lowest BCUT2D eigenvalue weighted by Crippen LogP contribution is -2.32. The van der Waals surface area contributed by atoms with Gasteiger partial charge in [-0.05, 0) is 6.07 Å². The third-order valence-electron chi connectivity index (χ3n) is 3.25. The summed E-state index contributed by atoms with van der Waals surface area (Å²) in [6, 6.07) is 1.41. The molecule has 2 rings (SSSR count). The zero-order valence-corrected chi connectivity index (χ0v) is 15.0. The number of aliphatic hydroxyl groups is 1. The normalized spacial score (nSPS) is 22.6. The zero-order valence-electron chi connectivity index (χ0n) is 12.9. The van der Waals surface area contributed by atoms with E-state index in [1.807, 2.05) is 0 Å². The van der Waals surface area contributed by atoms with Gasteiger partial charge in [0.25, 0.3) is 0 Å². The molecule has 3 atom stereocenters. The maximum absolute atomic E-state index is 11.8. The first-order valence-electron chi connectivity index (χ1n) is 7.13. The van der Waals surface area contributed by atoms with Crippen molar-refractivity contribution in [2.24, 2.45) is 0 Å². The predicted octanol–water partition coefficient (Wildman–Crippen LogP) is -1.07. The lowest BCUT2D eigenvalue weighted by molar-refractivity contribution is -0.155. The van der Waals surface area contributed by atoms with Crippen molar-refractivity contribution in [3.05, 3.63) is 22.7 Å². The SMILES string of the molecule is Nc1ccn(C2OC(COC(=O)COCC(=O)OI)CC2O)c(=O)n1. The number of anilines is 1. The first-order chi connectivity index (χ1) is 11.9. The van der Waals surface area contributed by atoms with Gasteiger partial charge in [0, 0.05) is 12.6 Å². The smallest absolute Gasteiger partial charge is 0.351 e. The number of carbonyl (C=O) groups is 2. The molecule has 1 fully saturated rings. The number of carbonyl (C=O) groups excluding carboxylic acids is 2. The van der Waals surface area contributed by atoms with E-state index in [4.69, 9.17) is 19.9 Å². The van der Waals surface area contributed by atoms with Crippen molar-refractivity contribution in [2.75, 3.05) is 25.6 Å². The van der Waals surface area contributed by atoms with E-state index in [0.29, 0.717) is 0 Å². The van der Waals surface area contributed by atoms with E-state index in [2.05, 4.69) is 8.05 Å². The van der Waals surface area contributed by atoms with Crippen LogP contribution >= 0.6 is 23.0 Å². The second-order valence-electron chi connectivity index (χ2n) is 5.12. The molecule has 1 saturated heterocycles.